The zero-order valence-corrected chi connectivity index (χ0v) is 12.4. The van der Waals surface area contributed by atoms with E-state index in [1.807, 2.05) is 48.5 Å². The largest absolute Gasteiger partial charge is 0.352 e. The predicted octanol–water partition coefficient (Wildman–Crippen LogP) is 4.96. The zero-order chi connectivity index (χ0) is 14.9. The highest BCUT2D eigenvalue weighted by molar-refractivity contribution is 6.30. The lowest BCUT2D eigenvalue weighted by molar-refractivity contribution is 1.31. The Morgan fingerprint density at radius 2 is 1.68 bits per heavy atom. The number of pyridine rings is 1. The third-order valence-corrected chi connectivity index (χ3v) is 3.85. The Morgan fingerprint density at radius 1 is 0.864 bits per heavy atom. The van der Waals surface area contributed by atoms with Gasteiger partial charge >= 0.3 is 0 Å². The van der Waals surface area contributed by atoms with Crippen LogP contribution in [-0.4, -0.2) is 10.7 Å². The lowest BCUT2D eigenvalue weighted by atomic mass is 10.0. The Kier molecular flexibility index (Phi) is 3.13. The summed E-state index contributed by atoms with van der Waals surface area (Å²) in [6.07, 6.45) is 3.54. The Labute approximate surface area is 133 Å². The van der Waals surface area contributed by atoms with Gasteiger partial charge in [-0.2, -0.15) is 0 Å². The Balaban J connectivity index is 1.98. The quantitative estimate of drug-likeness (QED) is 0.539. The molecule has 0 aliphatic carbocycles. The fourth-order valence-electron chi connectivity index (χ4n) is 2.53. The molecule has 3 aromatic rings. The fourth-order valence-corrected chi connectivity index (χ4v) is 2.66. The second-order valence-corrected chi connectivity index (χ2v) is 5.47. The van der Waals surface area contributed by atoms with E-state index in [2.05, 4.69) is 16.4 Å². The number of rotatable bonds is 1. The molecule has 0 atom stereocenters. The van der Waals surface area contributed by atoms with E-state index >= 15 is 0 Å². The molecular weight excluding hydrogens is 294 g/mol. The van der Waals surface area contributed by atoms with Gasteiger partial charge < -0.3 is 5.32 Å². The van der Waals surface area contributed by atoms with E-state index in [-0.39, 0.29) is 0 Å². The van der Waals surface area contributed by atoms with E-state index in [1.54, 1.807) is 12.4 Å². The van der Waals surface area contributed by atoms with Gasteiger partial charge in [0.25, 0.3) is 0 Å². The first-order chi connectivity index (χ1) is 10.8. The van der Waals surface area contributed by atoms with Gasteiger partial charge in [0.05, 0.1) is 23.3 Å². The number of aromatic nitrogens is 1. The molecule has 4 rings (SSSR count). The first-order valence-corrected chi connectivity index (χ1v) is 7.34. The van der Waals surface area contributed by atoms with Crippen molar-refractivity contribution in [1.29, 1.82) is 0 Å². The van der Waals surface area contributed by atoms with Gasteiger partial charge in [-0.3, -0.25) is 4.98 Å². The standard InChI is InChI=1S/C18H12ClN3/c19-13-7-5-12(6-8-13)18-14-3-1-2-4-15(14)21-17-11-20-10-9-16(17)22-18/h1-11,21H. The van der Waals surface area contributed by atoms with Crippen molar-refractivity contribution in [3.63, 3.8) is 0 Å². The normalized spacial score (nSPS) is 12.5. The van der Waals surface area contributed by atoms with Crippen LogP contribution in [0.2, 0.25) is 5.02 Å². The summed E-state index contributed by atoms with van der Waals surface area (Å²) in [4.78, 5) is 9.02. The van der Waals surface area contributed by atoms with Crippen LogP contribution in [0.4, 0.5) is 17.1 Å². The van der Waals surface area contributed by atoms with Crippen LogP contribution in [-0.2, 0) is 0 Å². The molecule has 2 heterocycles. The maximum atomic E-state index is 6.00. The molecule has 0 bridgehead atoms. The van der Waals surface area contributed by atoms with Crippen molar-refractivity contribution in [2.24, 2.45) is 4.99 Å². The Hall–Kier alpha value is -2.65. The number of aliphatic imine (C=N–C) groups is 1. The van der Waals surface area contributed by atoms with E-state index in [0.717, 1.165) is 33.9 Å². The molecule has 106 valence electrons. The molecule has 2 aromatic carbocycles. The van der Waals surface area contributed by atoms with Gasteiger partial charge in [0.1, 0.15) is 0 Å². The molecule has 3 nitrogen and oxygen atoms in total. The van der Waals surface area contributed by atoms with Crippen LogP contribution in [0.3, 0.4) is 0 Å². The topological polar surface area (TPSA) is 37.3 Å². The van der Waals surface area contributed by atoms with Gasteiger partial charge in [0.2, 0.25) is 0 Å². The number of hydrogen-bond donors (Lipinski definition) is 1. The second-order valence-electron chi connectivity index (χ2n) is 5.03. The van der Waals surface area contributed by atoms with Crippen LogP contribution in [0.1, 0.15) is 11.1 Å². The van der Waals surface area contributed by atoms with Gasteiger partial charge in [-0.25, -0.2) is 4.99 Å². The minimum absolute atomic E-state index is 0.717. The molecule has 0 amide bonds. The van der Waals surface area contributed by atoms with Gasteiger partial charge in [0.15, 0.2) is 0 Å². The average Bonchev–Trinajstić information content (AvgIpc) is 2.72. The first-order valence-electron chi connectivity index (χ1n) is 6.96. The molecule has 0 radical (unpaired) electrons. The highest BCUT2D eigenvalue weighted by Gasteiger charge is 2.17. The van der Waals surface area contributed by atoms with Gasteiger partial charge in [-0.1, -0.05) is 41.9 Å². The van der Waals surface area contributed by atoms with Crippen molar-refractivity contribution in [2.75, 3.05) is 5.32 Å². The Morgan fingerprint density at radius 3 is 2.55 bits per heavy atom. The first kappa shape index (κ1) is 13.0. The predicted molar refractivity (Wildman–Crippen MR) is 90.7 cm³/mol. The minimum atomic E-state index is 0.717. The molecule has 0 unspecified atom stereocenters. The molecule has 4 heteroatoms. The third-order valence-electron chi connectivity index (χ3n) is 3.60. The fraction of sp³-hybridized carbons (Fsp3) is 0. The number of fused-ring (bicyclic) bond motifs is 2. The summed E-state index contributed by atoms with van der Waals surface area (Å²) >= 11 is 6.00. The lowest BCUT2D eigenvalue weighted by Gasteiger charge is -2.10. The molecule has 0 saturated heterocycles. The average molecular weight is 306 g/mol. The third kappa shape index (κ3) is 2.26. The number of nitrogens with zero attached hydrogens (tertiary/aromatic N) is 2. The maximum Gasteiger partial charge on any atom is 0.0903 e. The van der Waals surface area contributed by atoms with E-state index in [1.165, 1.54) is 0 Å². The van der Waals surface area contributed by atoms with Crippen molar-refractivity contribution in [3.8, 4) is 0 Å². The van der Waals surface area contributed by atoms with Crippen LogP contribution in [0, 0.1) is 0 Å². The minimum Gasteiger partial charge on any atom is -0.352 e. The van der Waals surface area contributed by atoms with Crippen LogP contribution < -0.4 is 5.32 Å². The smallest absolute Gasteiger partial charge is 0.0903 e. The highest BCUT2D eigenvalue weighted by atomic mass is 35.5. The Bertz CT molecular complexity index is 870. The number of hydrogen-bond acceptors (Lipinski definition) is 3. The van der Waals surface area contributed by atoms with Gasteiger partial charge in [-0.05, 0) is 24.3 Å². The maximum absolute atomic E-state index is 6.00. The van der Waals surface area contributed by atoms with Crippen LogP contribution >= 0.6 is 11.6 Å². The monoisotopic (exact) mass is 305 g/mol. The summed E-state index contributed by atoms with van der Waals surface area (Å²) in [5.74, 6) is 0. The summed E-state index contributed by atoms with van der Waals surface area (Å²) in [5.41, 5.74) is 5.80. The van der Waals surface area contributed by atoms with Crippen molar-refractivity contribution in [3.05, 3.63) is 83.1 Å². The van der Waals surface area contributed by atoms with Crippen molar-refractivity contribution >= 4 is 34.4 Å². The number of halogens is 1. The molecule has 1 aliphatic rings. The molecule has 0 spiro atoms. The van der Waals surface area contributed by atoms with Crippen molar-refractivity contribution in [1.82, 2.24) is 4.98 Å². The summed E-state index contributed by atoms with van der Waals surface area (Å²) in [6, 6.07) is 17.8. The van der Waals surface area contributed by atoms with E-state index in [4.69, 9.17) is 16.6 Å². The summed E-state index contributed by atoms with van der Waals surface area (Å²) < 4.78 is 0. The molecule has 1 aromatic heterocycles. The molecular formula is C18H12ClN3. The van der Waals surface area contributed by atoms with Crippen LogP contribution in [0.15, 0.2) is 72.0 Å². The number of benzene rings is 2. The van der Waals surface area contributed by atoms with Crippen LogP contribution in [0.25, 0.3) is 0 Å². The summed E-state index contributed by atoms with van der Waals surface area (Å²) in [5, 5.41) is 4.13. The zero-order valence-electron chi connectivity index (χ0n) is 11.6. The summed E-state index contributed by atoms with van der Waals surface area (Å²) in [7, 11) is 0. The molecule has 0 fully saturated rings. The number of nitrogens with one attached hydrogen (secondary N) is 1. The number of anilines is 2. The number of para-hydroxylation sites is 1. The molecule has 22 heavy (non-hydrogen) atoms. The van der Waals surface area contributed by atoms with Gasteiger partial charge in [0, 0.05) is 28.0 Å². The SMILES string of the molecule is Clc1ccc(C2=Nc3ccncc3Nc3ccccc32)cc1. The molecule has 0 saturated carbocycles. The van der Waals surface area contributed by atoms with Gasteiger partial charge in [-0.15, -0.1) is 0 Å². The summed E-state index contributed by atoms with van der Waals surface area (Å²) in [6.45, 7) is 0. The molecule has 1 N–H and O–H groups in total. The van der Waals surface area contributed by atoms with E-state index in [0.29, 0.717) is 5.02 Å². The van der Waals surface area contributed by atoms with Crippen molar-refractivity contribution < 1.29 is 0 Å². The van der Waals surface area contributed by atoms with E-state index in [9.17, 15) is 0 Å². The second kappa shape index (κ2) is 5.28. The highest BCUT2D eigenvalue weighted by Crippen LogP contribution is 2.34. The lowest BCUT2D eigenvalue weighted by Crippen LogP contribution is -2.04. The van der Waals surface area contributed by atoms with Crippen LogP contribution in [0.5, 0.6) is 0 Å². The molecule has 1 aliphatic heterocycles. The van der Waals surface area contributed by atoms with E-state index < -0.39 is 0 Å². The van der Waals surface area contributed by atoms with Crippen molar-refractivity contribution in [2.45, 2.75) is 0 Å².